The number of anilines is 2. The van der Waals surface area contributed by atoms with Crippen molar-refractivity contribution >= 4 is 49.0 Å². The lowest BCUT2D eigenvalue weighted by Gasteiger charge is -2.37. The SMILES string of the molecule is C[C@H](C(=O)N1CCN(c2ccc(S(=O)(=O)Nc3nccs3)cc2)CC1)n1ccc2cccc(F)c21. The molecule has 8 nitrogen and oxygen atoms in total. The molecule has 2 aromatic heterocycles. The first-order chi connectivity index (χ1) is 16.8. The standard InChI is InChI=1S/C24H24FN5O3S2/c1-17(30-11-9-18-3-2-4-21(25)22(18)30)23(31)29-14-12-28(13-15-29)19-5-7-20(8-6-19)35(32,33)27-24-26-10-16-34-24/h2-11,16-17H,12-15H2,1H3,(H,26,27)/t17-/m1/s1. The van der Waals surface area contributed by atoms with E-state index in [1.807, 2.05) is 12.1 Å². The van der Waals surface area contributed by atoms with Crippen LogP contribution in [-0.2, 0) is 14.8 Å². The summed E-state index contributed by atoms with van der Waals surface area (Å²) in [4.78, 5) is 21.2. The van der Waals surface area contributed by atoms with E-state index >= 15 is 0 Å². The van der Waals surface area contributed by atoms with Crippen LogP contribution in [-0.4, -0.2) is 55.0 Å². The molecule has 0 aliphatic carbocycles. The lowest BCUT2D eigenvalue weighted by atomic mass is 10.2. The van der Waals surface area contributed by atoms with Crippen molar-refractivity contribution in [3.8, 4) is 0 Å². The maximum Gasteiger partial charge on any atom is 0.263 e. The summed E-state index contributed by atoms with van der Waals surface area (Å²) >= 11 is 1.21. The quantitative estimate of drug-likeness (QED) is 0.422. The van der Waals surface area contributed by atoms with E-state index in [-0.39, 0.29) is 16.6 Å². The third kappa shape index (κ3) is 4.61. The van der Waals surface area contributed by atoms with E-state index in [1.54, 1.807) is 58.3 Å². The van der Waals surface area contributed by atoms with Crippen molar-refractivity contribution in [2.24, 2.45) is 0 Å². The highest BCUT2D eigenvalue weighted by atomic mass is 32.2. The molecule has 4 aromatic rings. The van der Waals surface area contributed by atoms with Crippen molar-refractivity contribution in [3.05, 3.63) is 72.1 Å². The fourth-order valence-corrected chi connectivity index (χ4v) is 6.14. The molecule has 3 heterocycles. The first-order valence-electron chi connectivity index (χ1n) is 11.1. The van der Waals surface area contributed by atoms with E-state index < -0.39 is 16.1 Å². The summed E-state index contributed by atoms with van der Waals surface area (Å²) in [7, 11) is -3.70. The Kier molecular flexibility index (Phi) is 6.20. The fraction of sp³-hybridized carbons (Fsp3) is 0.250. The zero-order chi connectivity index (χ0) is 24.6. The number of amides is 1. The van der Waals surface area contributed by atoms with Gasteiger partial charge in [-0.2, -0.15) is 0 Å². The molecule has 1 aliphatic rings. The van der Waals surface area contributed by atoms with Gasteiger partial charge in [0.05, 0.1) is 10.4 Å². The summed E-state index contributed by atoms with van der Waals surface area (Å²) in [5.41, 5.74) is 1.32. The molecule has 1 atom stereocenters. The number of thiazole rings is 1. The minimum atomic E-state index is -3.70. The summed E-state index contributed by atoms with van der Waals surface area (Å²) in [6.45, 7) is 4.07. The number of aromatic nitrogens is 2. The number of fused-ring (bicyclic) bond motifs is 1. The zero-order valence-corrected chi connectivity index (χ0v) is 20.6. The zero-order valence-electron chi connectivity index (χ0n) is 19.0. The van der Waals surface area contributed by atoms with Gasteiger partial charge in [-0.15, -0.1) is 11.3 Å². The lowest BCUT2D eigenvalue weighted by molar-refractivity contribution is -0.134. The minimum absolute atomic E-state index is 0.0555. The summed E-state index contributed by atoms with van der Waals surface area (Å²) in [6.07, 6.45) is 3.29. The molecule has 1 aliphatic heterocycles. The number of nitrogens with zero attached hydrogens (tertiary/aromatic N) is 4. The molecule has 2 aromatic carbocycles. The Morgan fingerprint density at radius 3 is 2.51 bits per heavy atom. The maximum absolute atomic E-state index is 14.4. The summed E-state index contributed by atoms with van der Waals surface area (Å²) in [5.74, 6) is -0.399. The Hall–Kier alpha value is -3.44. The van der Waals surface area contributed by atoms with E-state index in [4.69, 9.17) is 0 Å². The molecular formula is C24H24FN5O3S2. The first kappa shape index (κ1) is 23.3. The molecule has 1 saturated heterocycles. The smallest absolute Gasteiger partial charge is 0.263 e. The van der Waals surface area contributed by atoms with Crippen LogP contribution in [0.5, 0.6) is 0 Å². The number of piperazine rings is 1. The first-order valence-corrected chi connectivity index (χ1v) is 13.5. The van der Waals surface area contributed by atoms with Crippen molar-refractivity contribution in [1.29, 1.82) is 0 Å². The molecule has 5 rings (SSSR count). The number of hydrogen-bond donors (Lipinski definition) is 1. The molecule has 1 fully saturated rings. The third-order valence-electron chi connectivity index (χ3n) is 6.22. The van der Waals surface area contributed by atoms with Gasteiger partial charge in [0, 0.05) is 55.0 Å². The van der Waals surface area contributed by atoms with Crippen LogP contribution in [0, 0.1) is 5.82 Å². The van der Waals surface area contributed by atoms with Crippen molar-refractivity contribution in [3.63, 3.8) is 0 Å². The predicted molar refractivity (Wildman–Crippen MR) is 135 cm³/mol. The van der Waals surface area contributed by atoms with Gasteiger partial charge in [0.25, 0.3) is 10.0 Å². The molecular weight excluding hydrogens is 489 g/mol. The number of carbonyl (C=O) groups excluding carboxylic acids is 1. The average molecular weight is 514 g/mol. The van der Waals surface area contributed by atoms with Gasteiger partial charge in [0.2, 0.25) is 5.91 Å². The topological polar surface area (TPSA) is 87.5 Å². The van der Waals surface area contributed by atoms with E-state index in [2.05, 4.69) is 14.6 Å². The highest BCUT2D eigenvalue weighted by molar-refractivity contribution is 7.93. The Balaban J connectivity index is 1.22. The number of carbonyl (C=O) groups is 1. The number of hydrogen-bond acceptors (Lipinski definition) is 6. The summed E-state index contributed by atoms with van der Waals surface area (Å²) < 4.78 is 43.6. The molecule has 182 valence electrons. The molecule has 0 unspecified atom stereocenters. The highest BCUT2D eigenvalue weighted by Gasteiger charge is 2.27. The lowest BCUT2D eigenvalue weighted by Crippen LogP contribution is -2.50. The molecule has 0 radical (unpaired) electrons. The number of nitrogens with one attached hydrogen (secondary N) is 1. The van der Waals surface area contributed by atoms with Gasteiger partial charge < -0.3 is 14.4 Å². The van der Waals surface area contributed by atoms with E-state index in [1.165, 1.54) is 23.6 Å². The van der Waals surface area contributed by atoms with E-state index in [9.17, 15) is 17.6 Å². The molecule has 11 heteroatoms. The Morgan fingerprint density at radius 2 is 1.83 bits per heavy atom. The van der Waals surface area contributed by atoms with Gasteiger partial charge in [-0.3, -0.25) is 9.52 Å². The second-order valence-corrected chi connectivity index (χ2v) is 10.9. The second kappa shape index (κ2) is 9.31. The number of sulfonamides is 1. The number of rotatable bonds is 6. The van der Waals surface area contributed by atoms with Crippen molar-refractivity contribution < 1.29 is 17.6 Å². The maximum atomic E-state index is 14.4. The Bertz CT molecular complexity index is 1440. The van der Waals surface area contributed by atoms with Crippen LogP contribution in [0.1, 0.15) is 13.0 Å². The van der Waals surface area contributed by atoms with Gasteiger partial charge in [-0.25, -0.2) is 17.8 Å². The number of halogens is 1. The van der Waals surface area contributed by atoms with E-state index in [0.29, 0.717) is 36.8 Å². The number of para-hydroxylation sites is 1. The van der Waals surface area contributed by atoms with Gasteiger partial charge in [-0.05, 0) is 43.3 Å². The van der Waals surface area contributed by atoms with Crippen LogP contribution >= 0.6 is 11.3 Å². The molecule has 35 heavy (non-hydrogen) atoms. The third-order valence-corrected chi connectivity index (χ3v) is 8.40. The van der Waals surface area contributed by atoms with Gasteiger partial charge in [0.15, 0.2) is 5.13 Å². The van der Waals surface area contributed by atoms with Crippen LogP contribution < -0.4 is 9.62 Å². The molecule has 0 saturated carbocycles. The molecule has 0 spiro atoms. The van der Waals surface area contributed by atoms with Crippen molar-refractivity contribution in [2.75, 3.05) is 35.8 Å². The Morgan fingerprint density at radius 1 is 1.09 bits per heavy atom. The average Bonchev–Trinajstić information content (AvgIpc) is 3.54. The monoisotopic (exact) mass is 513 g/mol. The fourth-order valence-electron chi connectivity index (χ4n) is 4.35. The van der Waals surface area contributed by atoms with E-state index in [0.717, 1.165) is 11.1 Å². The molecule has 1 N–H and O–H groups in total. The summed E-state index contributed by atoms with van der Waals surface area (Å²) in [6, 6.07) is 12.9. The largest absolute Gasteiger partial charge is 0.368 e. The highest BCUT2D eigenvalue weighted by Crippen LogP contribution is 2.26. The molecule has 1 amide bonds. The second-order valence-electron chi connectivity index (χ2n) is 8.33. The predicted octanol–water partition coefficient (Wildman–Crippen LogP) is 3.95. The Labute approximate surface area is 206 Å². The number of benzene rings is 2. The van der Waals surface area contributed by atoms with Crippen LogP contribution in [0.2, 0.25) is 0 Å². The van der Waals surface area contributed by atoms with Crippen molar-refractivity contribution in [1.82, 2.24) is 14.5 Å². The molecule has 0 bridgehead atoms. The van der Waals surface area contributed by atoms with Gasteiger partial charge >= 0.3 is 0 Å². The summed E-state index contributed by atoms with van der Waals surface area (Å²) in [5, 5.41) is 2.78. The van der Waals surface area contributed by atoms with Crippen LogP contribution in [0.4, 0.5) is 15.2 Å². The van der Waals surface area contributed by atoms with Crippen LogP contribution in [0.25, 0.3) is 10.9 Å². The normalized spacial score (nSPS) is 15.4. The van der Waals surface area contributed by atoms with Gasteiger partial charge in [-0.1, -0.05) is 12.1 Å². The van der Waals surface area contributed by atoms with Crippen LogP contribution in [0.3, 0.4) is 0 Å². The van der Waals surface area contributed by atoms with Crippen LogP contribution in [0.15, 0.2) is 71.2 Å². The van der Waals surface area contributed by atoms with Crippen molar-refractivity contribution in [2.45, 2.75) is 17.9 Å². The van der Waals surface area contributed by atoms with Gasteiger partial charge in [0.1, 0.15) is 11.9 Å². The minimum Gasteiger partial charge on any atom is -0.368 e.